The highest BCUT2D eigenvalue weighted by atomic mass is 32.2. The van der Waals surface area contributed by atoms with Gasteiger partial charge in [0.1, 0.15) is 0 Å². The first-order chi connectivity index (χ1) is 12.0. The van der Waals surface area contributed by atoms with Crippen molar-refractivity contribution < 1.29 is 13.2 Å². The van der Waals surface area contributed by atoms with Crippen molar-refractivity contribution >= 4 is 21.6 Å². The Balaban J connectivity index is 1.66. The predicted molar refractivity (Wildman–Crippen MR) is 100 cm³/mol. The number of benzene rings is 1. The van der Waals surface area contributed by atoms with Gasteiger partial charge < -0.3 is 4.90 Å². The van der Waals surface area contributed by atoms with Gasteiger partial charge in [0.05, 0.1) is 6.26 Å². The lowest BCUT2D eigenvalue weighted by Crippen LogP contribution is -2.42. The molecule has 1 heterocycles. The Bertz CT molecular complexity index is 709. The summed E-state index contributed by atoms with van der Waals surface area (Å²) in [7, 11) is -3.30. The zero-order valence-corrected chi connectivity index (χ0v) is 15.8. The molecule has 0 bridgehead atoms. The second-order valence-corrected chi connectivity index (χ2v) is 9.13. The Kier molecular flexibility index (Phi) is 5.79. The fourth-order valence-electron chi connectivity index (χ4n) is 4.10. The Morgan fingerprint density at radius 3 is 2.52 bits per heavy atom. The van der Waals surface area contributed by atoms with E-state index in [2.05, 4.69) is 6.07 Å². The predicted octanol–water partition coefficient (Wildman–Crippen LogP) is 2.95. The molecule has 0 spiro atoms. The van der Waals surface area contributed by atoms with Crippen molar-refractivity contribution in [2.75, 3.05) is 24.2 Å². The van der Waals surface area contributed by atoms with Gasteiger partial charge in [0, 0.05) is 31.2 Å². The maximum Gasteiger partial charge on any atom is 0.228 e. The molecule has 1 amide bonds. The van der Waals surface area contributed by atoms with Gasteiger partial charge in [-0.2, -0.15) is 4.31 Å². The van der Waals surface area contributed by atoms with Crippen LogP contribution >= 0.6 is 0 Å². The maximum atomic E-state index is 12.7. The molecular weight excluding hydrogens is 336 g/mol. The van der Waals surface area contributed by atoms with Gasteiger partial charge in [-0.25, -0.2) is 8.42 Å². The molecule has 2 aliphatic rings. The molecule has 0 aromatic heterocycles. The van der Waals surface area contributed by atoms with E-state index >= 15 is 0 Å². The van der Waals surface area contributed by atoms with E-state index in [-0.39, 0.29) is 18.4 Å². The minimum atomic E-state index is -3.30. The van der Waals surface area contributed by atoms with E-state index in [1.165, 1.54) is 24.7 Å². The minimum absolute atomic E-state index is 0.0206. The summed E-state index contributed by atoms with van der Waals surface area (Å²) in [6.07, 6.45) is 8.72. The third-order valence-electron chi connectivity index (χ3n) is 5.39. The molecule has 138 valence electrons. The van der Waals surface area contributed by atoms with Crippen molar-refractivity contribution in [1.82, 2.24) is 4.31 Å². The highest BCUT2D eigenvalue weighted by Crippen LogP contribution is 2.28. The lowest BCUT2D eigenvalue weighted by Gasteiger charge is -2.29. The third kappa shape index (κ3) is 4.42. The first-order valence-corrected chi connectivity index (χ1v) is 11.2. The Morgan fingerprint density at radius 2 is 1.84 bits per heavy atom. The smallest absolute Gasteiger partial charge is 0.228 e. The lowest BCUT2D eigenvalue weighted by molar-refractivity contribution is -0.118. The van der Waals surface area contributed by atoms with Crippen LogP contribution in [0.1, 0.15) is 50.5 Å². The van der Waals surface area contributed by atoms with Crippen LogP contribution < -0.4 is 4.90 Å². The summed E-state index contributed by atoms with van der Waals surface area (Å²) in [6, 6.07) is 8.01. The number of hydrogen-bond acceptors (Lipinski definition) is 3. The van der Waals surface area contributed by atoms with Gasteiger partial charge in [-0.15, -0.1) is 0 Å². The summed E-state index contributed by atoms with van der Waals surface area (Å²) in [6.45, 7) is 0.988. The van der Waals surface area contributed by atoms with E-state index in [4.69, 9.17) is 0 Å². The molecule has 0 unspecified atom stereocenters. The molecule has 1 saturated carbocycles. The average Bonchev–Trinajstić information content (AvgIpc) is 2.82. The Hall–Kier alpha value is -1.40. The highest BCUT2D eigenvalue weighted by Gasteiger charge is 2.30. The van der Waals surface area contributed by atoms with Crippen LogP contribution in [0.15, 0.2) is 24.3 Å². The van der Waals surface area contributed by atoms with Gasteiger partial charge in [0.25, 0.3) is 0 Å². The largest absolute Gasteiger partial charge is 0.312 e. The number of nitrogens with zero attached hydrogens (tertiary/aromatic N) is 2. The number of carbonyl (C=O) groups is 1. The molecule has 0 atom stereocenters. The summed E-state index contributed by atoms with van der Waals surface area (Å²) in [5.74, 6) is 0.0206. The van der Waals surface area contributed by atoms with E-state index < -0.39 is 10.0 Å². The summed E-state index contributed by atoms with van der Waals surface area (Å²) < 4.78 is 26.1. The van der Waals surface area contributed by atoms with Gasteiger partial charge in [0.15, 0.2) is 0 Å². The zero-order chi connectivity index (χ0) is 17.9. The second kappa shape index (κ2) is 7.87. The summed E-state index contributed by atoms with van der Waals surface area (Å²) in [5, 5.41) is 0. The normalized spacial score (nSPS) is 19.0. The van der Waals surface area contributed by atoms with Crippen LogP contribution in [0, 0.1) is 0 Å². The molecule has 5 nitrogen and oxygen atoms in total. The van der Waals surface area contributed by atoms with Crippen LogP contribution in [0.3, 0.4) is 0 Å². The summed E-state index contributed by atoms with van der Waals surface area (Å²) >= 11 is 0. The van der Waals surface area contributed by atoms with E-state index in [0.717, 1.165) is 37.8 Å². The minimum Gasteiger partial charge on any atom is -0.312 e. The number of anilines is 1. The number of para-hydroxylation sites is 1. The van der Waals surface area contributed by atoms with Crippen LogP contribution in [-0.2, 0) is 21.2 Å². The van der Waals surface area contributed by atoms with Gasteiger partial charge in [-0.05, 0) is 30.9 Å². The number of fused-ring (bicyclic) bond motifs is 1. The van der Waals surface area contributed by atoms with E-state index in [0.29, 0.717) is 13.1 Å². The molecule has 1 aromatic carbocycles. The van der Waals surface area contributed by atoms with Crippen LogP contribution in [0.4, 0.5) is 5.69 Å². The first kappa shape index (κ1) is 18.4. The number of carbonyl (C=O) groups excluding carboxylic acids is 1. The average molecular weight is 365 g/mol. The molecule has 25 heavy (non-hydrogen) atoms. The molecule has 1 fully saturated rings. The van der Waals surface area contributed by atoms with Crippen molar-refractivity contribution in [3.63, 3.8) is 0 Å². The topological polar surface area (TPSA) is 57.7 Å². The van der Waals surface area contributed by atoms with Crippen molar-refractivity contribution in [3.8, 4) is 0 Å². The fraction of sp³-hybridized carbons (Fsp3) is 0.632. The van der Waals surface area contributed by atoms with Crippen LogP contribution in [-0.4, -0.2) is 44.0 Å². The number of rotatable bonds is 5. The second-order valence-electron chi connectivity index (χ2n) is 7.19. The van der Waals surface area contributed by atoms with Crippen molar-refractivity contribution in [2.45, 2.75) is 57.4 Å². The molecule has 6 heteroatoms. The van der Waals surface area contributed by atoms with Crippen molar-refractivity contribution in [2.24, 2.45) is 0 Å². The maximum absolute atomic E-state index is 12.7. The summed E-state index contributed by atoms with van der Waals surface area (Å²) in [5.41, 5.74) is 2.17. The zero-order valence-electron chi connectivity index (χ0n) is 15.0. The molecule has 1 aliphatic heterocycles. The number of sulfonamides is 1. The first-order valence-electron chi connectivity index (χ1n) is 9.32. The number of hydrogen-bond donors (Lipinski definition) is 0. The molecule has 0 saturated heterocycles. The monoisotopic (exact) mass is 364 g/mol. The third-order valence-corrected chi connectivity index (χ3v) is 6.72. The number of amides is 1. The van der Waals surface area contributed by atoms with Gasteiger partial charge in [0.2, 0.25) is 15.9 Å². The molecule has 0 N–H and O–H groups in total. The highest BCUT2D eigenvalue weighted by molar-refractivity contribution is 7.88. The van der Waals surface area contributed by atoms with Gasteiger partial charge >= 0.3 is 0 Å². The Labute approximate surface area is 151 Å². The standard InChI is InChI=1S/C19H28N2O3S/c1-25(23,24)21(17-9-4-2-3-5-10-17)15-13-19(22)20-14-12-16-8-6-7-11-18(16)20/h6-8,11,17H,2-5,9-10,12-15H2,1H3. The van der Waals surface area contributed by atoms with Crippen LogP contribution in [0.5, 0.6) is 0 Å². The Morgan fingerprint density at radius 1 is 1.16 bits per heavy atom. The SMILES string of the molecule is CS(=O)(=O)N(CCC(=O)N1CCc2ccccc21)C1CCCCCC1. The molecule has 1 aliphatic carbocycles. The molecule has 3 rings (SSSR count). The van der Waals surface area contributed by atoms with Gasteiger partial charge in [-0.3, -0.25) is 4.79 Å². The van der Waals surface area contributed by atoms with E-state index in [9.17, 15) is 13.2 Å². The van der Waals surface area contributed by atoms with E-state index in [1.54, 1.807) is 4.31 Å². The molecule has 0 radical (unpaired) electrons. The quantitative estimate of drug-likeness (QED) is 0.755. The van der Waals surface area contributed by atoms with Crippen molar-refractivity contribution in [1.29, 1.82) is 0 Å². The van der Waals surface area contributed by atoms with Crippen molar-refractivity contribution in [3.05, 3.63) is 29.8 Å². The van der Waals surface area contributed by atoms with Crippen LogP contribution in [0.2, 0.25) is 0 Å². The van der Waals surface area contributed by atoms with Crippen LogP contribution in [0.25, 0.3) is 0 Å². The lowest BCUT2D eigenvalue weighted by atomic mass is 10.1. The molecular formula is C19H28N2O3S. The van der Waals surface area contributed by atoms with Gasteiger partial charge in [-0.1, -0.05) is 43.9 Å². The summed E-state index contributed by atoms with van der Waals surface area (Å²) in [4.78, 5) is 14.5. The molecule has 1 aromatic rings. The fourth-order valence-corrected chi connectivity index (χ4v) is 5.28. The van der Waals surface area contributed by atoms with E-state index in [1.807, 2.05) is 23.1 Å².